The maximum Gasteiger partial charge on any atom is 0.305 e. The zero-order valence-corrected chi connectivity index (χ0v) is 32.1. The molecule has 52 heavy (non-hydrogen) atoms. The Hall–Kier alpha value is -2.77. The fourth-order valence-corrected chi connectivity index (χ4v) is 11.5. The quantitative estimate of drug-likeness (QED) is 0.177. The van der Waals surface area contributed by atoms with Crippen LogP contribution in [-0.4, -0.2) is 91.6 Å². The highest BCUT2D eigenvalue weighted by molar-refractivity contribution is 5.69. The molecule has 13 nitrogen and oxygen atoms in total. The van der Waals surface area contributed by atoms with Crippen LogP contribution in [-0.2, 0) is 57.1 Å². The Labute approximate surface area is 307 Å². The Balaban J connectivity index is 1.48. The largest absolute Gasteiger partial charge is 0.469 e. The average molecular weight is 737 g/mol. The molecule has 5 fully saturated rings. The molecule has 0 aromatic heterocycles. The molecule has 15 atom stereocenters. The van der Waals surface area contributed by atoms with E-state index in [1.165, 1.54) is 34.8 Å². The lowest BCUT2D eigenvalue weighted by Crippen LogP contribution is -2.65. The first kappa shape index (κ1) is 40.4. The van der Waals surface area contributed by atoms with Crippen LogP contribution in [0.3, 0.4) is 0 Å². The first-order valence-electron chi connectivity index (χ1n) is 19.2. The number of fused-ring (bicyclic) bond motifs is 5. The van der Waals surface area contributed by atoms with E-state index < -0.39 is 66.8 Å². The van der Waals surface area contributed by atoms with Crippen LogP contribution in [0.4, 0.5) is 0 Å². The van der Waals surface area contributed by atoms with Crippen LogP contribution in [0.25, 0.3) is 0 Å². The number of aliphatic hydroxyl groups is 1. The zero-order chi connectivity index (χ0) is 38.1. The summed E-state index contributed by atoms with van der Waals surface area (Å²) in [5.41, 5.74) is -0.0475. The van der Waals surface area contributed by atoms with Gasteiger partial charge in [-0.1, -0.05) is 20.8 Å². The van der Waals surface area contributed by atoms with Gasteiger partial charge in [0.1, 0.15) is 12.7 Å². The van der Waals surface area contributed by atoms with Crippen molar-refractivity contribution in [2.75, 3.05) is 13.7 Å². The summed E-state index contributed by atoms with van der Waals surface area (Å²) in [6, 6.07) is 0. The maximum absolute atomic E-state index is 12.6. The van der Waals surface area contributed by atoms with Gasteiger partial charge >= 0.3 is 29.8 Å². The van der Waals surface area contributed by atoms with Gasteiger partial charge in [0, 0.05) is 34.1 Å². The van der Waals surface area contributed by atoms with Crippen molar-refractivity contribution in [2.45, 2.75) is 156 Å². The number of methoxy groups -OCH3 is 1. The van der Waals surface area contributed by atoms with E-state index in [-0.39, 0.29) is 29.3 Å². The molecular formula is C39H60O13. The number of hydrogen-bond donors (Lipinski definition) is 1. The minimum Gasteiger partial charge on any atom is -0.469 e. The lowest BCUT2D eigenvalue weighted by atomic mass is 9.43. The van der Waals surface area contributed by atoms with Gasteiger partial charge in [0.25, 0.3) is 0 Å². The van der Waals surface area contributed by atoms with Gasteiger partial charge in [-0.05, 0) is 104 Å². The molecule has 294 valence electrons. The molecule has 4 saturated carbocycles. The van der Waals surface area contributed by atoms with Crippen LogP contribution in [0, 0.1) is 46.3 Å². The number of rotatable bonds is 11. The molecule has 0 radical (unpaired) electrons. The highest BCUT2D eigenvalue weighted by atomic mass is 16.7. The molecule has 1 heterocycles. The van der Waals surface area contributed by atoms with E-state index >= 15 is 0 Å². The fourth-order valence-electron chi connectivity index (χ4n) is 11.5. The van der Waals surface area contributed by atoms with Gasteiger partial charge in [0.15, 0.2) is 24.6 Å². The van der Waals surface area contributed by atoms with Crippen LogP contribution in [0.5, 0.6) is 0 Å². The van der Waals surface area contributed by atoms with E-state index in [4.69, 9.17) is 33.2 Å². The molecule has 0 aromatic carbocycles. The molecule has 1 N–H and O–H groups in total. The SMILES string of the molecule is COC(=O)CC[C@@H](C)[C@H]1CC[C@H]2[C@@H]3C[C@H](O[C@@H]4O[C@H](COC(C)=O)[C@@H](OC(C)=O)[C@H](OC(C)=O)[C@H]4OC(C)=O)[C@@H]4C[C@H](O)CC[C@]4(C)[C@H]3CC[C@]12C. The first-order chi connectivity index (χ1) is 24.5. The molecule has 0 bridgehead atoms. The third kappa shape index (κ3) is 8.31. The Bertz CT molecular complexity index is 1330. The van der Waals surface area contributed by atoms with Gasteiger partial charge in [-0.25, -0.2) is 0 Å². The average Bonchev–Trinajstić information content (AvgIpc) is 3.42. The Morgan fingerprint density at radius 2 is 1.38 bits per heavy atom. The van der Waals surface area contributed by atoms with Crippen molar-refractivity contribution in [2.24, 2.45) is 46.3 Å². The first-order valence-corrected chi connectivity index (χ1v) is 19.2. The monoisotopic (exact) mass is 736 g/mol. The summed E-state index contributed by atoms with van der Waals surface area (Å²) in [4.78, 5) is 61.2. The van der Waals surface area contributed by atoms with E-state index in [1.807, 2.05) is 0 Å². The zero-order valence-electron chi connectivity index (χ0n) is 32.1. The second-order valence-electron chi connectivity index (χ2n) is 16.7. The van der Waals surface area contributed by atoms with E-state index in [2.05, 4.69) is 20.8 Å². The molecular weight excluding hydrogens is 676 g/mol. The molecule has 0 aromatic rings. The van der Waals surface area contributed by atoms with Crippen LogP contribution >= 0.6 is 0 Å². The highest BCUT2D eigenvalue weighted by Crippen LogP contribution is 2.69. The van der Waals surface area contributed by atoms with Crippen LogP contribution < -0.4 is 0 Å². The summed E-state index contributed by atoms with van der Waals surface area (Å²) in [5.74, 6) is -0.848. The summed E-state index contributed by atoms with van der Waals surface area (Å²) in [5, 5.41) is 11.0. The lowest BCUT2D eigenvalue weighted by molar-refractivity contribution is -0.331. The predicted molar refractivity (Wildman–Crippen MR) is 184 cm³/mol. The molecule has 5 rings (SSSR count). The second kappa shape index (κ2) is 16.3. The molecule has 1 aliphatic heterocycles. The molecule has 5 aliphatic rings. The standard InChI is InChI=1S/C39H60O13/c1-20(9-12-33(45)46-8)27-10-11-28-26-18-31(30-17-25(44)13-15-39(30,7)29(26)14-16-38(27,28)6)51-37-36(50-24(5)43)35(49-23(4)42)34(48-22(3)41)32(52-37)19-47-21(2)40/h20,25-32,34-37,44H,9-19H2,1-8H3/t20-,25-,26+,27-,28+,29+,30+,31+,32-,34-,35+,36-,37-,38-,39-/m1/s1. The van der Waals surface area contributed by atoms with Gasteiger partial charge in [-0.15, -0.1) is 0 Å². The number of hydrogen-bond acceptors (Lipinski definition) is 13. The summed E-state index contributed by atoms with van der Waals surface area (Å²) in [6.07, 6.45) is 1.21. The minimum absolute atomic E-state index is 0.0371. The Morgan fingerprint density at radius 1 is 0.769 bits per heavy atom. The summed E-state index contributed by atoms with van der Waals surface area (Å²) in [7, 11) is 1.43. The van der Waals surface area contributed by atoms with Crippen LogP contribution in [0.1, 0.15) is 113 Å². The van der Waals surface area contributed by atoms with E-state index in [9.17, 15) is 29.1 Å². The van der Waals surface area contributed by atoms with Crippen molar-refractivity contribution in [1.29, 1.82) is 0 Å². The number of esters is 5. The predicted octanol–water partition coefficient (Wildman–Crippen LogP) is 4.67. The minimum atomic E-state index is -1.32. The van der Waals surface area contributed by atoms with Crippen molar-refractivity contribution in [3.63, 3.8) is 0 Å². The van der Waals surface area contributed by atoms with Crippen molar-refractivity contribution in [3.8, 4) is 0 Å². The summed E-state index contributed by atoms with van der Waals surface area (Å²) >= 11 is 0. The van der Waals surface area contributed by atoms with Crippen molar-refractivity contribution in [1.82, 2.24) is 0 Å². The Morgan fingerprint density at radius 3 is 2.02 bits per heavy atom. The van der Waals surface area contributed by atoms with E-state index in [0.29, 0.717) is 55.3 Å². The molecule has 0 unspecified atom stereocenters. The number of carbonyl (C=O) groups excluding carboxylic acids is 5. The molecule has 4 aliphatic carbocycles. The second-order valence-corrected chi connectivity index (χ2v) is 16.7. The van der Waals surface area contributed by atoms with Gasteiger partial charge in [0.05, 0.1) is 19.3 Å². The smallest absolute Gasteiger partial charge is 0.305 e. The molecule has 1 saturated heterocycles. The summed E-state index contributed by atoms with van der Waals surface area (Å²) < 4.78 is 40.7. The third-order valence-corrected chi connectivity index (χ3v) is 13.7. The van der Waals surface area contributed by atoms with Gasteiger partial charge in [-0.2, -0.15) is 0 Å². The maximum atomic E-state index is 12.6. The lowest BCUT2D eigenvalue weighted by Gasteiger charge is -2.63. The fraction of sp³-hybridized carbons (Fsp3) is 0.872. The number of ether oxygens (including phenoxy) is 7. The van der Waals surface area contributed by atoms with E-state index in [0.717, 1.165) is 38.5 Å². The van der Waals surface area contributed by atoms with Crippen molar-refractivity contribution >= 4 is 29.8 Å². The van der Waals surface area contributed by atoms with Crippen molar-refractivity contribution in [3.05, 3.63) is 0 Å². The third-order valence-electron chi connectivity index (χ3n) is 13.7. The van der Waals surface area contributed by atoms with Crippen LogP contribution in [0.15, 0.2) is 0 Å². The van der Waals surface area contributed by atoms with E-state index in [1.54, 1.807) is 0 Å². The topological polar surface area (TPSA) is 170 Å². The molecule has 0 amide bonds. The highest BCUT2D eigenvalue weighted by Gasteiger charge is 2.64. The normalized spacial score (nSPS) is 41.6. The summed E-state index contributed by atoms with van der Waals surface area (Å²) in [6.45, 7) is 11.6. The molecule has 0 spiro atoms. The number of carbonyl (C=O) groups is 5. The van der Waals surface area contributed by atoms with Crippen molar-refractivity contribution < 1.29 is 62.2 Å². The van der Waals surface area contributed by atoms with Gasteiger partial charge in [0.2, 0.25) is 0 Å². The van der Waals surface area contributed by atoms with Gasteiger partial charge < -0.3 is 38.3 Å². The molecule has 13 heteroatoms. The van der Waals surface area contributed by atoms with Gasteiger partial charge in [-0.3, -0.25) is 24.0 Å². The van der Waals surface area contributed by atoms with Crippen LogP contribution in [0.2, 0.25) is 0 Å². The Kier molecular flexibility index (Phi) is 12.7. The number of aliphatic hydroxyl groups excluding tert-OH is 1.